The first-order valence-electron chi connectivity index (χ1n) is 6.22. The predicted octanol–water partition coefficient (Wildman–Crippen LogP) is 2.90. The van der Waals surface area contributed by atoms with Gasteiger partial charge in [0.1, 0.15) is 0 Å². The monoisotopic (exact) mass is 275 g/mol. The van der Waals surface area contributed by atoms with Gasteiger partial charge in [0.15, 0.2) is 0 Å². The first-order chi connectivity index (χ1) is 9.08. The van der Waals surface area contributed by atoms with Crippen LogP contribution in [0.3, 0.4) is 0 Å². The topological polar surface area (TPSA) is 54.9 Å². The third-order valence-corrected chi connectivity index (χ3v) is 3.63. The first kappa shape index (κ1) is 13.7. The maximum absolute atomic E-state index is 11.9. The van der Waals surface area contributed by atoms with E-state index in [1.807, 2.05) is 13.0 Å². The number of nitrogens with one attached hydrogen (secondary N) is 1. The minimum absolute atomic E-state index is 0.0752. The van der Waals surface area contributed by atoms with Crippen LogP contribution in [-0.4, -0.2) is 22.4 Å². The van der Waals surface area contributed by atoms with Gasteiger partial charge in [0, 0.05) is 12.7 Å². The molecule has 5 heteroatoms. The summed E-state index contributed by atoms with van der Waals surface area (Å²) in [5.74, 6) is 0.366. The van der Waals surface area contributed by atoms with E-state index >= 15 is 0 Å². The quantitative estimate of drug-likeness (QED) is 0.933. The highest BCUT2D eigenvalue weighted by Crippen LogP contribution is 2.25. The number of nitrogens with zero attached hydrogens (tertiary/aromatic N) is 2. The Labute approximate surface area is 116 Å². The summed E-state index contributed by atoms with van der Waals surface area (Å²) in [6.45, 7) is 6.76. The number of aryl methyl sites for hydroxylation is 1. The molecule has 1 amide bonds. The molecule has 0 bridgehead atoms. The third kappa shape index (κ3) is 3.38. The van der Waals surface area contributed by atoms with Crippen molar-refractivity contribution in [1.82, 2.24) is 15.3 Å². The Morgan fingerprint density at radius 3 is 2.68 bits per heavy atom. The summed E-state index contributed by atoms with van der Waals surface area (Å²) < 4.78 is 0. The van der Waals surface area contributed by atoms with Gasteiger partial charge in [0.05, 0.1) is 27.3 Å². The molecule has 1 N–H and O–H groups in total. The molecule has 0 radical (unpaired) electrons. The number of carbonyl (C=O) groups excluding carboxylic acids is 1. The molecule has 0 saturated carbocycles. The number of thiazole rings is 1. The van der Waals surface area contributed by atoms with E-state index in [4.69, 9.17) is 0 Å². The van der Waals surface area contributed by atoms with Gasteiger partial charge in [0.25, 0.3) is 5.91 Å². The van der Waals surface area contributed by atoms with Gasteiger partial charge < -0.3 is 5.32 Å². The lowest BCUT2D eigenvalue weighted by Gasteiger charge is -2.07. The first-order valence-corrected chi connectivity index (χ1v) is 7.10. The molecule has 0 aliphatic heterocycles. The van der Waals surface area contributed by atoms with Crippen LogP contribution in [0, 0.1) is 12.8 Å². The van der Waals surface area contributed by atoms with E-state index in [-0.39, 0.29) is 5.91 Å². The Bertz CT molecular complexity index is 560. The largest absolute Gasteiger partial charge is 0.352 e. The lowest BCUT2D eigenvalue weighted by atomic mass is 10.2. The zero-order chi connectivity index (χ0) is 13.8. The van der Waals surface area contributed by atoms with E-state index < -0.39 is 0 Å². The molecule has 2 aromatic heterocycles. The zero-order valence-electron chi connectivity index (χ0n) is 11.3. The summed E-state index contributed by atoms with van der Waals surface area (Å²) >= 11 is 1.56. The minimum atomic E-state index is -0.0752. The van der Waals surface area contributed by atoms with Crippen molar-refractivity contribution >= 4 is 17.2 Å². The average molecular weight is 275 g/mol. The van der Waals surface area contributed by atoms with Crippen LogP contribution in [0.25, 0.3) is 10.6 Å². The Morgan fingerprint density at radius 1 is 1.37 bits per heavy atom. The molecule has 0 spiro atoms. The molecule has 0 aliphatic rings. The van der Waals surface area contributed by atoms with E-state index in [2.05, 4.69) is 29.1 Å². The third-order valence-electron chi connectivity index (χ3n) is 2.67. The van der Waals surface area contributed by atoms with E-state index in [1.165, 1.54) is 0 Å². The summed E-state index contributed by atoms with van der Waals surface area (Å²) in [6.07, 6.45) is 1.62. The van der Waals surface area contributed by atoms with Gasteiger partial charge in [-0.2, -0.15) is 0 Å². The van der Waals surface area contributed by atoms with Crippen LogP contribution < -0.4 is 5.32 Å². The average Bonchev–Trinajstić information content (AvgIpc) is 2.82. The number of rotatable bonds is 4. The van der Waals surface area contributed by atoms with Gasteiger partial charge >= 0.3 is 0 Å². The molecular formula is C14H17N3OS. The van der Waals surface area contributed by atoms with Crippen LogP contribution in [0.5, 0.6) is 0 Å². The number of hydrogen-bond acceptors (Lipinski definition) is 4. The number of hydrogen-bond donors (Lipinski definition) is 1. The van der Waals surface area contributed by atoms with Crippen molar-refractivity contribution in [3.63, 3.8) is 0 Å². The summed E-state index contributed by atoms with van der Waals surface area (Å²) in [6, 6.07) is 3.67. The van der Waals surface area contributed by atoms with Crippen LogP contribution in [0.2, 0.25) is 0 Å². The van der Waals surface area contributed by atoms with Crippen molar-refractivity contribution in [3.8, 4) is 10.6 Å². The van der Waals surface area contributed by atoms with Crippen LogP contribution in [0.15, 0.2) is 23.8 Å². The van der Waals surface area contributed by atoms with Crippen molar-refractivity contribution in [2.24, 2.45) is 5.92 Å². The lowest BCUT2D eigenvalue weighted by molar-refractivity contribution is 0.0948. The SMILES string of the molecule is Cc1ncsc1-c1ccc(C(=O)NCC(C)C)cn1. The highest BCUT2D eigenvalue weighted by Gasteiger charge is 2.09. The zero-order valence-corrected chi connectivity index (χ0v) is 12.1. The van der Waals surface area contributed by atoms with Crippen LogP contribution >= 0.6 is 11.3 Å². The summed E-state index contributed by atoms with van der Waals surface area (Å²) in [5.41, 5.74) is 4.22. The summed E-state index contributed by atoms with van der Waals surface area (Å²) in [7, 11) is 0. The van der Waals surface area contributed by atoms with Crippen molar-refractivity contribution in [1.29, 1.82) is 0 Å². The highest BCUT2D eigenvalue weighted by molar-refractivity contribution is 7.13. The molecule has 2 heterocycles. The standard InChI is InChI=1S/C14H17N3OS/c1-9(2)6-16-14(18)11-4-5-12(15-7-11)13-10(3)17-8-19-13/h4-5,7-9H,6H2,1-3H3,(H,16,18). The minimum Gasteiger partial charge on any atom is -0.352 e. The number of pyridine rings is 1. The van der Waals surface area contributed by atoms with E-state index in [0.29, 0.717) is 18.0 Å². The Morgan fingerprint density at radius 2 is 2.16 bits per heavy atom. The highest BCUT2D eigenvalue weighted by atomic mass is 32.1. The van der Waals surface area contributed by atoms with Crippen molar-refractivity contribution in [2.75, 3.05) is 6.54 Å². The van der Waals surface area contributed by atoms with Gasteiger partial charge in [0.2, 0.25) is 0 Å². The van der Waals surface area contributed by atoms with E-state index in [9.17, 15) is 4.79 Å². The molecule has 0 aliphatic carbocycles. The molecule has 100 valence electrons. The van der Waals surface area contributed by atoms with Crippen LogP contribution in [0.1, 0.15) is 29.9 Å². The van der Waals surface area contributed by atoms with Gasteiger partial charge in [-0.15, -0.1) is 11.3 Å². The maximum Gasteiger partial charge on any atom is 0.252 e. The second kappa shape index (κ2) is 5.93. The molecule has 0 unspecified atom stereocenters. The fourth-order valence-electron chi connectivity index (χ4n) is 1.61. The Kier molecular flexibility index (Phi) is 4.27. The molecule has 0 aromatic carbocycles. The molecule has 19 heavy (non-hydrogen) atoms. The molecule has 2 aromatic rings. The predicted molar refractivity (Wildman–Crippen MR) is 77.3 cm³/mol. The molecule has 4 nitrogen and oxygen atoms in total. The van der Waals surface area contributed by atoms with Crippen molar-refractivity contribution in [2.45, 2.75) is 20.8 Å². The number of carbonyl (C=O) groups is 1. The van der Waals surface area contributed by atoms with Gasteiger partial charge in [-0.05, 0) is 25.0 Å². The lowest BCUT2D eigenvalue weighted by Crippen LogP contribution is -2.27. The van der Waals surface area contributed by atoms with E-state index in [0.717, 1.165) is 16.3 Å². The van der Waals surface area contributed by atoms with Crippen molar-refractivity contribution < 1.29 is 4.79 Å². The number of amides is 1. The van der Waals surface area contributed by atoms with E-state index in [1.54, 1.807) is 29.1 Å². The molecule has 2 rings (SSSR count). The van der Waals surface area contributed by atoms with Crippen molar-refractivity contribution in [3.05, 3.63) is 35.1 Å². The van der Waals surface area contributed by atoms with Gasteiger partial charge in [-0.3, -0.25) is 9.78 Å². The fourth-order valence-corrected chi connectivity index (χ4v) is 2.39. The van der Waals surface area contributed by atoms with Crippen LogP contribution in [-0.2, 0) is 0 Å². The second-order valence-corrected chi connectivity index (χ2v) is 5.66. The molecular weight excluding hydrogens is 258 g/mol. The van der Waals surface area contributed by atoms with Crippen LogP contribution in [0.4, 0.5) is 0 Å². The fraction of sp³-hybridized carbons (Fsp3) is 0.357. The maximum atomic E-state index is 11.9. The molecule has 0 saturated heterocycles. The smallest absolute Gasteiger partial charge is 0.252 e. The second-order valence-electron chi connectivity index (χ2n) is 4.80. The molecule has 0 atom stereocenters. The van der Waals surface area contributed by atoms with Gasteiger partial charge in [-0.25, -0.2) is 4.98 Å². The summed E-state index contributed by atoms with van der Waals surface area (Å²) in [4.78, 5) is 21.4. The summed E-state index contributed by atoms with van der Waals surface area (Å²) in [5, 5.41) is 2.88. The van der Waals surface area contributed by atoms with Gasteiger partial charge in [-0.1, -0.05) is 13.8 Å². The number of aromatic nitrogens is 2. The normalized spacial score (nSPS) is 10.7. The molecule has 0 fully saturated rings. The Balaban J connectivity index is 2.10. The Hall–Kier alpha value is -1.75.